The van der Waals surface area contributed by atoms with Gasteiger partial charge < -0.3 is 9.13 Å². The summed E-state index contributed by atoms with van der Waals surface area (Å²) >= 11 is 3.77. The molecule has 0 N–H and O–H groups in total. The van der Waals surface area contributed by atoms with Crippen LogP contribution in [-0.4, -0.2) is 9.13 Å². The second-order valence-corrected chi connectivity index (χ2v) is 12.2. The average Bonchev–Trinajstić information content (AvgIpc) is 3.48. The molecule has 0 fully saturated rings. The number of hydrogen-bond donors (Lipinski definition) is 0. The van der Waals surface area contributed by atoms with E-state index in [1.807, 2.05) is 0 Å². The van der Waals surface area contributed by atoms with Gasteiger partial charge in [0.25, 0.3) is 0 Å². The molecule has 0 amide bonds. The van der Waals surface area contributed by atoms with E-state index in [1.54, 1.807) is 0 Å². The maximum Gasteiger partial charge on any atom is 0.0569 e. The maximum absolute atomic E-state index is 4.28. The SMILES string of the molecule is CCc1ccc2c(c1)c(Br)cc1c3ccccc3n(C)c21.[CH2-]c1cc2c3ccccc3n(C)c2c2ccc(CC)cc12.[Y]. The number of benzene rings is 6. The van der Waals surface area contributed by atoms with Crippen LogP contribution in [0.5, 0.6) is 0 Å². The molecule has 0 bridgehead atoms. The molecule has 8 rings (SSSR count). The first kappa shape index (κ1) is 29.9. The molecule has 4 heteroatoms. The third kappa shape index (κ3) is 4.81. The molecule has 2 nitrogen and oxygen atoms in total. The summed E-state index contributed by atoms with van der Waals surface area (Å²) in [6.07, 6.45) is 2.12. The zero-order valence-corrected chi connectivity index (χ0v) is 29.6. The van der Waals surface area contributed by atoms with Crippen LogP contribution in [0.25, 0.3) is 65.2 Å². The van der Waals surface area contributed by atoms with Crippen molar-refractivity contribution in [3.05, 3.63) is 125 Å². The summed E-state index contributed by atoms with van der Waals surface area (Å²) in [5.74, 6) is 0. The van der Waals surface area contributed by atoms with Crippen molar-refractivity contribution >= 4 is 81.1 Å². The Labute approximate surface area is 286 Å². The van der Waals surface area contributed by atoms with Gasteiger partial charge in [0.2, 0.25) is 0 Å². The molecule has 0 atom stereocenters. The van der Waals surface area contributed by atoms with Gasteiger partial charge in [-0.25, -0.2) is 0 Å². The topological polar surface area (TPSA) is 9.86 Å². The predicted molar refractivity (Wildman–Crippen MR) is 187 cm³/mol. The van der Waals surface area contributed by atoms with Gasteiger partial charge in [-0.2, -0.15) is 18.6 Å². The van der Waals surface area contributed by atoms with E-state index >= 15 is 0 Å². The average molecular weight is 700 g/mol. The van der Waals surface area contributed by atoms with Crippen LogP contribution in [0.1, 0.15) is 30.5 Å². The number of nitrogens with zero attached hydrogens (tertiary/aromatic N) is 2. The van der Waals surface area contributed by atoms with Crippen molar-refractivity contribution < 1.29 is 32.7 Å². The van der Waals surface area contributed by atoms with Crippen molar-refractivity contribution in [2.24, 2.45) is 14.1 Å². The molecule has 0 saturated heterocycles. The van der Waals surface area contributed by atoms with Crippen LogP contribution in [0.4, 0.5) is 0 Å². The maximum atomic E-state index is 4.28. The van der Waals surface area contributed by atoms with Gasteiger partial charge in [-0.15, -0.1) is 11.5 Å². The largest absolute Gasteiger partial charge is 0.345 e. The number of aryl methyl sites for hydroxylation is 4. The van der Waals surface area contributed by atoms with Crippen molar-refractivity contribution in [3.63, 3.8) is 0 Å². The third-order valence-electron chi connectivity index (χ3n) is 8.98. The van der Waals surface area contributed by atoms with Crippen LogP contribution in [-0.2, 0) is 59.6 Å². The predicted octanol–water partition coefficient (Wildman–Crippen LogP) is 11.0. The van der Waals surface area contributed by atoms with E-state index in [-0.39, 0.29) is 32.7 Å². The molecule has 0 aliphatic heterocycles. The Kier molecular flexibility index (Phi) is 8.19. The van der Waals surface area contributed by atoms with E-state index in [9.17, 15) is 0 Å². The summed E-state index contributed by atoms with van der Waals surface area (Å²) in [5.41, 5.74) is 9.04. The fourth-order valence-corrected chi connectivity index (χ4v) is 7.30. The Balaban J connectivity index is 0.000000150. The fourth-order valence-electron chi connectivity index (χ4n) is 6.74. The molecule has 0 aliphatic rings. The molecule has 8 aromatic rings. The van der Waals surface area contributed by atoms with Crippen LogP contribution in [0, 0.1) is 6.92 Å². The molecule has 2 aromatic heterocycles. The number of aromatic nitrogens is 2. The van der Waals surface area contributed by atoms with Gasteiger partial charge in [-0.3, -0.25) is 0 Å². The van der Waals surface area contributed by atoms with Gasteiger partial charge in [0.05, 0.1) is 5.52 Å². The van der Waals surface area contributed by atoms with E-state index in [2.05, 4.69) is 157 Å². The van der Waals surface area contributed by atoms with Gasteiger partial charge in [-0.05, 0) is 58.8 Å². The van der Waals surface area contributed by atoms with Crippen LogP contribution in [0.15, 0.2) is 102 Å². The molecule has 43 heavy (non-hydrogen) atoms. The quantitative estimate of drug-likeness (QED) is 0.159. The van der Waals surface area contributed by atoms with E-state index in [0.717, 1.165) is 18.4 Å². The molecular weight excluding hydrogens is 665 g/mol. The van der Waals surface area contributed by atoms with Crippen LogP contribution < -0.4 is 0 Å². The van der Waals surface area contributed by atoms with Crippen molar-refractivity contribution in [2.45, 2.75) is 26.7 Å². The van der Waals surface area contributed by atoms with E-state index in [1.165, 1.54) is 80.8 Å². The Morgan fingerprint density at radius 2 is 1.00 bits per heavy atom. The Hall–Kier alpha value is -3.11. The summed E-state index contributed by atoms with van der Waals surface area (Å²) in [5, 5.41) is 10.4. The Morgan fingerprint density at radius 3 is 1.53 bits per heavy atom. The van der Waals surface area contributed by atoms with Crippen molar-refractivity contribution in [1.82, 2.24) is 9.13 Å². The number of para-hydroxylation sites is 2. The summed E-state index contributed by atoms with van der Waals surface area (Å²) in [7, 11) is 4.31. The smallest absolute Gasteiger partial charge is 0.0569 e. The molecule has 2 heterocycles. The van der Waals surface area contributed by atoms with Crippen LogP contribution in [0.2, 0.25) is 0 Å². The zero-order chi connectivity index (χ0) is 29.1. The second-order valence-electron chi connectivity index (χ2n) is 11.3. The minimum Gasteiger partial charge on any atom is -0.345 e. The molecule has 0 unspecified atom stereocenters. The molecule has 0 spiro atoms. The number of halogens is 1. The van der Waals surface area contributed by atoms with E-state index < -0.39 is 0 Å². The molecule has 211 valence electrons. The van der Waals surface area contributed by atoms with Gasteiger partial charge >= 0.3 is 0 Å². The molecule has 6 aromatic carbocycles. The molecular formula is C39H34BrN2Y-. The van der Waals surface area contributed by atoms with Gasteiger partial charge in [0, 0.05) is 84.0 Å². The standard InChI is InChI=1S/C20H18N.C19H16BrN.Y/c1-4-14-9-10-16-17(12-14)13(2)11-18-15-7-5-6-8-19(15)21(3)20(16)18;1-3-12-8-9-14-15(10-12)17(20)11-16-13-6-4-5-7-18(13)21(2)19(14)16;/h5-12H,2,4H2,1,3H3;4-11H,3H2,1-2H3;/q-1;;. The van der Waals surface area contributed by atoms with Crippen molar-refractivity contribution in [1.29, 1.82) is 0 Å². The first-order valence-corrected chi connectivity index (χ1v) is 15.5. The first-order chi connectivity index (χ1) is 20.4. The van der Waals surface area contributed by atoms with Gasteiger partial charge in [0.1, 0.15) is 0 Å². The fraction of sp³-hybridized carbons (Fsp3) is 0.154. The third-order valence-corrected chi connectivity index (χ3v) is 9.64. The summed E-state index contributed by atoms with van der Waals surface area (Å²) < 4.78 is 5.79. The van der Waals surface area contributed by atoms with Gasteiger partial charge in [-0.1, -0.05) is 101 Å². The minimum absolute atomic E-state index is 0. The monoisotopic (exact) mass is 698 g/mol. The zero-order valence-electron chi connectivity index (χ0n) is 25.2. The summed E-state index contributed by atoms with van der Waals surface area (Å²) in [6.45, 7) is 8.67. The Morgan fingerprint density at radius 1 is 0.535 bits per heavy atom. The van der Waals surface area contributed by atoms with Crippen molar-refractivity contribution in [3.8, 4) is 0 Å². The summed E-state index contributed by atoms with van der Waals surface area (Å²) in [4.78, 5) is 0. The number of hydrogen-bond acceptors (Lipinski definition) is 0. The van der Waals surface area contributed by atoms with E-state index in [4.69, 9.17) is 0 Å². The second kappa shape index (κ2) is 11.8. The molecule has 0 aliphatic carbocycles. The van der Waals surface area contributed by atoms with Crippen molar-refractivity contribution in [2.75, 3.05) is 0 Å². The number of fused-ring (bicyclic) bond motifs is 10. The van der Waals surface area contributed by atoms with E-state index in [0.29, 0.717) is 0 Å². The minimum atomic E-state index is 0. The van der Waals surface area contributed by atoms with Crippen LogP contribution >= 0.6 is 15.9 Å². The van der Waals surface area contributed by atoms with Gasteiger partial charge in [0.15, 0.2) is 0 Å². The number of rotatable bonds is 2. The van der Waals surface area contributed by atoms with Crippen LogP contribution in [0.3, 0.4) is 0 Å². The first-order valence-electron chi connectivity index (χ1n) is 14.7. The normalized spacial score (nSPS) is 11.5. The summed E-state index contributed by atoms with van der Waals surface area (Å²) in [6, 6.07) is 35.3. The molecule has 1 radical (unpaired) electrons. The molecule has 0 saturated carbocycles. The Bertz CT molecular complexity index is 2160.